The minimum absolute atomic E-state index is 0.440. The minimum atomic E-state index is 0.440. The summed E-state index contributed by atoms with van der Waals surface area (Å²) in [6.07, 6.45) is 4.07. The van der Waals surface area contributed by atoms with Gasteiger partial charge in [-0.2, -0.15) is 0 Å². The molecule has 0 aliphatic carbocycles. The first-order valence-electron chi connectivity index (χ1n) is 6.80. The lowest BCUT2D eigenvalue weighted by atomic mass is 10.0. The maximum atomic E-state index is 5.38. The molecule has 0 spiro atoms. The first-order chi connectivity index (χ1) is 8.81. The summed E-state index contributed by atoms with van der Waals surface area (Å²) in [6, 6.07) is 2.21. The normalized spacial score (nSPS) is 19.8. The van der Waals surface area contributed by atoms with E-state index in [0.29, 0.717) is 6.54 Å². The largest absolute Gasteiger partial charge is 0.320 e. The molecule has 3 heteroatoms. The summed E-state index contributed by atoms with van der Waals surface area (Å²) in [5, 5.41) is 2.14. The van der Waals surface area contributed by atoms with Crippen molar-refractivity contribution in [2.75, 3.05) is 19.6 Å². The summed E-state index contributed by atoms with van der Waals surface area (Å²) in [5.74, 6) is 6.92. The number of nitrogens with zero attached hydrogens (tertiary/aromatic N) is 1. The van der Waals surface area contributed by atoms with Gasteiger partial charge < -0.3 is 5.73 Å². The zero-order valence-electron chi connectivity index (χ0n) is 11.1. The van der Waals surface area contributed by atoms with Crippen molar-refractivity contribution in [1.29, 1.82) is 0 Å². The molecular formula is C15H22N2S. The summed E-state index contributed by atoms with van der Waals surface area (Å²) < 4.78 is 0. The van der Waals surface area contributed by atoms with E-state index < -0.39 is 0 Å². The van der Waals surface area contributed by atoms with Crippen molar-refractivity contribution in [3.63, 3.8) is 0 Å². The van der Waals surface area contributed by atoms with Crippen LogP contribution < -0.4 is 5.73 Å². The van der Waals surface area contributed by atoms with Crippen molar-refractivity contribution in [2.24, 2.45) is 11.7 Å². The molecule has 0 radical (unpaired) electrons. The van der Waals surface area contributed by atoms with Gasteiger partial charge in [0.05, 0.1) is 6.54 Å². The monoisotopic (exact) mass is 262 g/mol. The third kappa shape index (κ3) is 3.84. The van der Waals surface area contributed by atoms with Crippen LogP contribution in [-0.4, -0.2) is 24.5 Å². The van der Waals surface area contributed by atoms with Gasteiger partial charge in [-0.3, -0.25) is 4.90 Å². The topological polar surface area (TPSA) is 29.3 Å². The molecule has 1 atom stereocenters. The van der Waals surface area contributed by atoms with Crippen LogP contribution in [0.2, 0.25) is 0 Å². The van der Waals surface area contributed by atoms with Crippen LogP contribution in [-0.2, 0) is 6.54 Å². The second kappa shape index (κ2) is 6.94. The molecule has 18 heavy (non-hydrogen) atoms. The smallest absolute Gasteiger partial charge is 0.0555 e. The molecule has 2 rings (SSSR count). The fraction of sp³-hybridized carbons (Fsp3) is 0.600. The second-order valence-corrected chi connectivity index (χ2v) is 5.98. The Hall–Kier alpha value is -0.820. The molecule has 1 aliphatic heterocycles. The van der Waals surface area contributed by atoms with Gasteiger partial charge in [0.15, 0.2) is 0 Å². The third-order valence-corrected chi connectivity index (χ3v) is 4.36. The van der Waals surface area contributed by atoms with E-state index in [9.17, 15) is 0 Å². The van der Waals surface area contributed by atoms with Crippen LogP contribution in [0.15, 0.2) is 11.4 Å². The van der Waals surface area contributed by atoms with E-state index in [1.165, 1.54) is 37.2 Å². The lowest BCUT2D eigenvalue weighted by molar-refractivity contribution is 0.315. The average Bonchev–Trinajstić information content (AvgIpc) is 2.98. The standard InChI is InChI=1S/C15H22N2S/c1-2-4-13-6-8-17(10-13)11-15-9-14(12-18-15)5-3-7-16/h9,12-13H,2,4,6-8,10-11,16H2,1H3. The Kier molecular flexibility index (Phi) is 5.25. The van der Waals surface area contributed by atoms with Crippen molar-refractivity contribution < 1.29 is 0 Å². The molecule has 2 N–H and O–H groups in total. The Morgan fingerprint density at radius 3 is 3.22 bits per heavy atom. The van der Waals surface area contributed by atoms with Gasteiger partial charge in [-0.15, -0.1) is 11.3 Å². The van der Waals surface area contributed by atoms with Crippen LogP contribution in [0.5, 0.6) is 0 Å². The molecule has 98 valence electrons. The lowest BCUT2D eigenvalue weighted by Gasteiger charge is -2.14. The van der Waals surface area contributed by atoms with Gasteiger partial charge in [-0.1, -0.05) is 25.2 Å². The van der Waals surface area contributed by atoms with E-state index in [1.54, 1.807) is 0 Å². The summed E-state index contributed by atoms with van der Waals surface area (Å²) in [6.45, 7) is 6.34. The SMILES string of the molecule is CCCC1CCN(Cc2cc(C#CCN)cs2)C1. The summed E-state index contributed by atoms with van der Waals surface area (Å²) in [5.41, 5.74) is 6.50. The van der Waals surface area contributed by atoms with E-state index in [2.05, 4.69) is 35.1 Å². The maximum absolute atomic E-state index is 5.38. The molecule has 2 heterocycles. The Labute approximate surface area is 114 Å². The van der Waals surface area contributed by atoms with E-state index in [1.807, 2.05) is 11.3 Å². The predicted octanol–water partition coefficient (Wildman–Crippen LogP) is 2.68. The second-order valence-electron chi connectivity index (χ2n) is 4.99. The van der Waals surface area contributed by atoms with Gasteiger partial charge in [0, 0.05) is 28.9 Å². The van der Waals surface area contributed by atoms with Crippen LogP contribution in [0.3, 0.4) is 0 Å². The van der Waals surface area contributed by atoms with Crippen molar-refractivity contribution in [1.82, 2.24) is 4.90 Å². The van der Waals surface area contributed by atoms with Crippen molar-refractivity contribution in [3.8, 4) is 11.8 Å². The van der Waals surface area contributed by atoms with E-state index in [-0.39, 0.29) is 0 Å². The number of nitrogens with two attached hydrogens (primary N) is 1. The number of likely N-dealkylation sites (tertiary alicyclic amines) is 1. The van der Waals surface area contributed by atoms with Crippen LogP contribution in [0.4, 0.5) is 0 Å². The van der Waals surface area contributed by atoms with Crippen molar-refractivity contribution in [2.45, 2.75) is 32.7 Å². The molecule has 1 fully saturated rings. The molecule has 1 aliphatic rings. The molecular weight excluding hydrogens is 240 g/mol. The first-order valence-corrected chi connectivity index (χ1v) is 7.68. The van der Waals surface area contributed by atoms with E-state index in [0.717, 1.165) is 18.0 Å². The number of rotatable bonds is 4. The molecule has 1 saturated heterocycles. The predicted molar refractivity (Wildman–Crippen MR) is 78.5 cm³/mol. The van der Waals surface area contributed by atoms with Gasteiger partial charge in [0.2, 0.25) is 0 Å². The third-order valence-electron chi connectivity index (χ3n) is 3.43. The highest BCUT2D eigenvalue weighted by Crippen LogP contribution is 2.24. The fourth-order valence-corrected chi connectivity index (χ4v) is 3.46. The fourth-order valence-electron chi connectivity index (χ4n) is 2.60. The number of hydrogen-bond donors (Lipinski definition) is 1. The molecule has 1 aromatic rings. The molecule has 1 unspecified atom stereocenters. The zero-order valence-corrected chi connectivity index (χ0v) is 11.9. The van der Waals surface area contributed by atoms with E-state index >= 15 is 0 Å². The van der Waals surface area contributed by atoms with E-state index in [4.69, 9.17) is 5.73 Å². The van der Waals surface area contributed by atoms with Gasteiger partial charge in [0.1, 0.15) is 0 Å². The summed E-state index contributed by atoms with van der Waals surface area (Å²) >= 11 is 1.82. The Balaban J connectivity index is 1.85. The lowest BCUT2D eigenvalue weighted by Crippen LogP contribution is -2.19. The Morgan fingerprint density at radius 2 is 2.44 bits per heavy atom. The van der Waals surface area contributed by atoms with Crippen molar-refractivity contribution >= 4 is 11.3 Å². The number of thiophene rings is 1. The van der Waals surface area contributed by atoms with Gasteiger partial charge in [0.25, 0.3) is 0 Å². The molecule has 0 bridgehead atoms. The maximum Gasteiger partial charge on any atom is 0.0555 e. The molecule has 0 saturated carbocycles. The van der Waals surface area contributed by atoms with Crippen molar-refractivity contribution in [3.05, 3.63) is 21.9 Å². The van der Waals surface area contributed by atoms with Crippen LogP contribution in [0, 0.1) is 17.8 Å². The summed E-state index contributed by atoms with van der Waals surface area (Å²) in [7, 11) is 0. The minimum Gasteiger partial charge on any atom is -0.320 e. The zero-order chi connectivity index (χ0) is 12.8. The van der Waals surface area contributed by atoms with Crippen LogP contribution >= 0.6 is 11.3 Å². The Morgan fingerprint density at radius 1 is 1.56 bits per heavy atom. The van der Waals surface area contributed by atoms with Crippen LogP contribution in [0.25, 0.3) is 0 Å². The highest BCUT2D eigenvalue weighted by molar-refractivity contribution is 7.10. The highest BCUT2D eigenvalue weighted by Gasteiger charge is 2.21. The highest BCUT2D eigenvalue weighted by atomic mass is 32.1. The molecule has 0 aromatic carbocycles. The quantitative estimate of drug-likeness (QED) is 0.845. The van der Waals surface area contributed by atoms with Gasteiger partial charge >= 0.3 is 0 Å². The van der Waals surface area contributed by atoms with Gasteiger partial charge in [-0.05, 0) is 31.4 Å². The Bertz CT molecular complexity index is 427. The van der Waals surface area contributed by atoms with Gasteiger partial charge in [-0.25, -0.2) is 0 Å². The molecule has 1 aromatic heterocycles. The molecule has 2 nitrogen and oxygen atoms in total. The first kappa shape index (κ1) is 13.6. The van der Waals surface area contributed by atoms with Crippen LogP contribution in [0.1, 0.15) is 36.6 Å². The number of hydrogen-bond acceptors (Lipinski definition) is 3. The molecule has 0 amide bonds. The summed E-state index contributed by atoms with van der Waals surface area (Å²) in [4.78, 5) is 4.00. The average molecular weight is 262 g/mol.